The number of benzene rings is 1. The Kier molecular flexibility index (Phi) is 5.21. The zero-order valence-electron chi connectivity index (χ0n) is 11.7. The molecule has 2 nitrogen and oxygen atoms in total. The Balaban J connectivity index is 1.90. The van der Waals surface area contributed by atoms with Crippen LogP contribution in [-0.2, 0) is 11.3 Å². The van der Waals surface area contributed by atoms with Gasteiger partial charge in [0.25, 0.3) is 0 Å². The molecule has 1 fully saturated rings. The van der Waals surface area contributed by atoms with Crippen molar-refractivity contribution in [2.24, 2.45) is 0 Å². The molecule has 0 saturated carbocycles. The minimum atomic E-state index is 0.687. The molecule has 0 spiro atoms. The third kappa shape index (κ3) is 3.82. The smallest absolute Gasteiger partial charge is 0.0594 e. The number of hydrogen-bond acceptors (Lipinski definition) is 2. The summed E-state index contributed by atoms with van der Waals surface area (Å²) < 4.78 is 5.37. The molecule has 1 aromatic rings. The third-order valence-electron chi connectivity index (χ3n) is 3.78. The molecule has 0 N–H and O–H groups in total. The van der Waals surface area contributed by atoms with E-state index in [2.05, 4.69) is 43.0 Å². The molecule has 1 saturated heterocycles. The molecular formula is C16H25NO. The fourth-order valence-electron chi connectivity index (χ4n) is 2.57. The molecule has 1 atom stereocenters. The molecule has 1 heterocycles. The maximum atomic E-state index is 5.37. The monoisotopic (exact) mass is 247 g/mol. The van der Waals surface area contributed by atoms with Crippen LogP contribution in [0, 0.1) is 0 Å². The van der Waals surface area contributed by atoms with Crippen LogP contribution in [0.4, 0.5) is 0 Å². The predicted molar refractivity (Wildman–Crippen MR) is 75.9 cm³/mol. The largest absolute Gasteiger partial charge is 0.379 e. The van der Waals surface area contributed by atoms with Gasteiger partial charge in [0, 0.05) is 19.6 Å². The Hall–Kier alpha value is -0.860. The van der Waals surface area contributed by atoms with Crippen molar-refractivity contribution in [1.82, 2.24) is 4.90 Å². The summed E-state index contributed by atoms with van der Waals surface area (Å²) >= 11 is 0. The molecule has 1 unspecified atom stereocenters. The summed E-state index contributed by atoms with van der Waals surface area (Å²) in [5.74, 6) is 0.687. The molecule has 1 aromatic carbocycles. The van der Waals surface area contributed by atoms with Gasteiger partial charge in [-0.3, -0.25) is 4.90 Å². The molecule has 2 rings (SSSR count). The molecule has 0 radical (unpaired) electrons. The average molecular weight is 247 g/mol. The number of nitrogens with zero attached hydrogens (tertiary/aromatic N) is 1. The van der Waals surface area contributed by atoms with Crippen molar-refractivity contribution in [2.45, 2.75) is 39.2 Å². The highest BCUT2D eigenvalue weighted by Crippen LogP contribution is 2.21. The first-order valence-electron chi connectivity index (χ1n) is 7.18. The van der Waals surface area contributed by atoms with Gasteiger partial charge in [-0.2, -0.15) is 0 Å². The van der Waals surface area contributed by atoms with E-state index in [0.29, 0.717) is 5.92 Å². The number of morpholine rings is 1. The summed E-state index contributed by atoms with van der Waals surface area (Å²) in [5, 5.41) is 0. The Morgan fingerprint density at radius 3 is 2.44 bits per heavy atom. The second kappa shape index (κ2) is 6.91. The standard InChI is InChI=1S/C16H25NO/c1-3-4-14(2)16-7-5-15(6-8-16)13-17-9-11-18-12-10-17/h5-8,14H,3-4,9-13H2,1-2H3. The van der Waals surface area contributed by atoms with Crippen LogP contribution in [-0.4, -0.2) is 31.2 Å². The maximum absolute atomic E-state index is 5.37. The first-order valence-corrected chi connectivity index (χ1v) is 7.18. The van der Waals surface area contributed by atoms with Gasteiger partial charge in [0.15, 0.2) is 0 Å². The number of hydrogen-bond donors (Lipinski definition) is 0. The average Bonchev–Trinajstić information content (AvgIpc) is 2.41. The van der Waals surface area contributed by atoms with Crippen LogP contribution in [0.1, 0.15) is 43.7 Å². The van der Waals surface area contributed by atoms with E-state index >= 15 is 0 Å². The Morgan fingerprint density at radius 2 is 1.83 bits per heavy atom. The lowest BCUT2D eigenvalue weighted by Crippen LogP contribution is -2.35. The van der Waals surface area contributed by atoms with Crippen molar-refractivity contribution in [1.29, 1.82) is 0 Å². The van der Waals surface area contributed by atoms with E-state index in [9.17, 15) is 0 Å². The molecule has 0 amide bonds. The second-order valence-corrected chi connectivity index (χ2v) is 5.32. The number of rotatable bonds is 5. The van der Waals surface area contributed by atoms with Crippen LogP contribution in [0.5, 0.6) is 0 Å². The van der Waals surface area contributed by atoms with Gasteiger partial charge < -0.3 is 4.74 Å². The summed E-state index contributed by atoms with van der Waals surface area (Å²) in [4.78, 5) is 2.47. The van der Waals surface area contributed by atoms with Gasteiger partial charge in [0.2, 0.25) is 0 Å². The summed E-state index contributed by atoms with van der Waals surface area (Å²) in [6, 6.07) is 9.18. The molecule has 1 aliphatic heterocycles. The Labute approximate surface area is 111 Å². The lowest BCUT2D eigenvalue weighted by molar-refractivity contribution is 0.0342. The summed E-state index contributed by atoms with van der Waals surface area (Å²) in [7, 11) is 0. The summed E-state index contributed by atoms with van der Waals surface area (Å²) in [5.41, 5.74) is 2.90. The van der Waals surface area contributed by atoms with Gasteiger partial charge in [-0.05, 0) is 23.5 Å². The van der Waals surface area contributed by atoms with Crippen molar-refractivity contribution < 1.29 is 4.74 Å². The zero-order valence-corrected chi connectivity index (χ0v) is 11.7. The first kappa shape index (κ1) is 13.6. The maximum Gasteiger partial charge on any atom is 0.0594 e. The minimum Gasteiger partial charge on any atom is -0.379 e. The lowest BCUT2D eigenvalue weighted by Gasteiger charge is -2.26. The van der Waals surface area contributed by atoms with Crippen molar-refractivity contribution in [3.63, 3.8) is 0 Å². The van der Waals surface area contributed by atoms with E-state index < -0.39 is 0 Å². The second-order valence-electron chi connectivity index (χ2n) is 5.32. The highest BCUT2D eigenvalue weighted by molar-refractivity contribution is 5.25. The van der Waals surface area contributed by atoms with Gasteiger partial charge in [-0.15, -0.1) is 0 Å². The van der Waals surface area contributed by atoms with E-state index in [1.807, 2.05) is 0 Å². The molecule has 0 bridgehead atoms. The van der Waals surface area contributed by atoms with Crippen molar-refractivity contribution in [3.8, 4) is 0 Å². The van der Waals surface area contributed by atoms with Crippen molar-refractivity contribution in [2.75, 3.05) is 26.3 Å². The summed E-state index contributed by atoms with van der Waals surface area (Å²) in [6.07, 6.45) is 2.54. The van der Waals surface area contributed by atoms with Crippen LogP contribution in [0.25, 0.3) is 0 Å². The van der Waals surface area contributed by atoms with E-state index in [4.69, 9.17) is 4.74 Å². The third-order valence-corrected chi connectivity index (χ3v) is 3.78. The van der Waals surface area contributed by atoms with E-state index in [-0.39, 0.29) is 0 Å². The van der Waals surface area contributed by atoms with E-state index in [1.165, 1.54) is 24.0 Å². The Morgan fingerprint density at radius 1 is 1.17 bits per heavy atom. The highest BCUT2D eigenvalue weighted by Gasteiger charge is 2.11. The molecule has 18 heavy (non-hydrogen) atoms. The predicted octanol–water partition coefficient (Wildman–Crippen LogP) is 3.42. The fraction of sp³-hybridized carbons (Fsp3) is 0.625. The van der Waals surface area contributed by atoms with Gasteiger partial charge in [0.1, 0.15) is 0 Å². The normalized spacial score (nSPS) is 18.8. The SMILES string of the molecule is CCCC(C)c1ccc(CN2CCOCC2)cc1. The van der Waals surface area contributed by atoms with Crippen LogP contribution < -0.4 is 0 Å². The number of ether oxygens (including phenoxy) is 1. The van der Waals surface area contributed by atoms with Gasteiger partial charge in [0.05, 0.1) is 13.2 Å². The molecule has 0 aromatic heterocycles. The van der Waals surface area contributed by atoms with E-state index in [0.717, 1.165) is 32.8 Å². The molecule has 100 valence electrons. The van der Waals surface area contributed by atoms with E-state index in [1.54, 1.807) is 0 Å². The van der Waals surface area contributed by atoms with Gasteiger partial charge in [-0.1, -0.05) is 44.5 Å². The molecule has 2 heteroatoms. The van der Waals surface area contributed by atoms with Gasteiger partial charge >= 0.3 is 0 Å². The topological polar surface area (TPSA) is 12.5 Å². The molecular weight excluding hydrogens is 222 g/mol. The lowest BCUT2D eigenvalue weighted by atomic mass is 9.96. The van der Waals surface area contributed by atoms with Crippen molar-refractivity contribution in [3.05, 3.63) is 35.4 Å². The van der Waals surface area contributed by atoms with Crippen LogP contribution >= 0.6 is 0 Å². The Bertz CT molecular complexity index is 341. The first-order chi connectivity index (χ1) is 8.79. The van der Waals surface area contributed by atoms with Crippen LogP contribution in [0.15, 0.2) is 24.3 Å². The highest BCUT2D eigenvalue weighted by atomic mass is 16.5. The quantitative estimate of drug-likeness (QED) is 0.790. The molecule has 1 aliphatic rings. The van der Waals surface area contributed by atoms with Crippen molar-refractivity contribution >= 4 is 0 Å². The van der Waals surface area contributed by atoms with Gasteiger partial charge in [-0.25, -0.2) is 0 Å². The minimum absolute atomic E-state index is 0.687. The summed E-state index contributed by atoms with van der Waals surface area (Å²) in [6.45, 7) is 9.52. The van der Waals surface area contributed by atoms with Crippen LogP contribution in [0.3, 0.4) is 0 Å². The van der Waals surface area contributed by atoms with Crippen LogP contribution in [0.2, 0.25) is 0 Å². The molecule has 0 aliphatic carbocycles. The fourth-order valence-corrected chi connectivity index (χ4v) is 2.57. The zero-order chi connectivity index (χ0) is 12.8.